The quantitative estimate of drug-likeness (QED) is 0.637. The number of carbonyl (C=O) groups is 1. The van der Waals surface area contributed by atoms with Crippen LogP contribution in [-0.2, 0) is 9.53 Å². The minimum absolute atomic E-state index is 0.110. The molecule has 0 saturated heterocycles. The van der Waals surface area contributed by atoms with Gasteiger partial charge in [-0.1, -0.05) is 6.92 Å². The minimum atomic E-state index is -0.402. The van der Waals surface area contributed by atoms with E-state index in [-0.39, 0.29) is 5.97 Å². The lowest BCUT2D eigenvalue weighted by atomic mass is 9.88. The van der Waals surface area contributed by atoms with E-state index in [1.54, 1.807) is 0 Å². The van der Waals surface area contributed by atoms with E-state index < -0.39 is 5.41 Å². The molecule has 15 heavy (non-hydrogen) atoms. The first-order chi connectivity index (χ1) is 6.96. The maximum absolute atomic E-state index is 11.8. The van der Waals surface area contributed by atoms with Gasteiger partial charge in [-0.25, -0.2) is 0 Å². The Balaban J connectivity index is 4.04. The van der Waals surface area contributed by atoms with Crippen LogP contribution in [0.2, 0.25) is 0 Å². The summed E-state index contributed by atoms with van der Waals surface area (Å²) in [7, 11) is 5.77. The van der Waals surface area contributed by atoms with E-state index in [0.717, 1.165) is 13.0 Å². The standard InChI is InChI=1S/C11H24N2O2/c1-6-11(2,9-12-3)10(14)15-8-7-13(4)5/h12H,6-9H2,1-5H3. The van der Waals surface area contributed by atoms with Crippen LogP contribution in [-0.4, -0.2) is 51.7 Å². The van der Waals surface area contributed by atoms with E-state index in [9.17, 15) is 4.79 Å². The molecule has 1 unspecified atom stereocenters. The molecule has 0 amide bonds. The maximum Gasteiger partial charge on any atom is 0.313 e. The molecule has 0 spiro atoms. The third-order valence-corrected chi connectivity index (χ3v) is 2.61. The van der Waals surface area contributed by atoms with Crippen molar-refractivity contribution in [3.8, 4) is 0 Å². The van der Waals surface area contributed by atoms with E-state index in [1.165, 1.54) is 0 Å². The largest absolute Gasteiger partial charge is 0.464 e. The van der Waals surface area contributed by atoms with Gasteiger partial charge >= 0.3 is 5.97 Å². The fraction of sp³-hybridized carbons (Fsp3) is 0.909. The van der Waals surface area contributed by atoms with Gasteiger partial charge in [0.15, 0.2) is 0 Å². The fourth-order valence-electron chi connectivity index (χ4n) is 1.23. The van der Waals surface area contributed by atoms with Crippen molar-refractivity contribution in [2.24, 2.45) is 5.41 Å². The lowest BCUT2D eigenvalue weighted by Gasteiger charge is -2.25. The molecule has 0 aromatic carbocycles. The van der Waals surface area contributed by atoms with E-state index in [0.29, 0.717) is 13.2 Å². The summed E-state index contributed by atoms with van der Waals surface area (Å²) in [6, 6.07) is 0. The first-order valence-corrected chi connectivity index (χ1v) is 5.43. The normalized spacial score (nSPS) is 15.1. The third kappa shape index (κ3) is 5.14. The summed E-state index contributed by atoms with van der Waals surface area (Å²) in [6.45, 7) is 5.83. The maximum atomic E-state index is 11.8. The second-order valence-electron chi connectivity index (χ2n) is 4.38. The Morgan fingerprint density at radius 2 is 2.07 bits per heavy atom. The summed E-state index contributed by atoms with van der Waals surface area (Å²) in [5.74, 6) is -0.110. The number of hydrogen-bond donors (Lipinski definition) is 1. The topological polar surface area (TPSA) is 41.6 Å². The van der Waals surface area contributed by atoms with Gasteiger partial charge in [-0.05, 0) is 34.5 Å². The lowest BCUT2D eigenvalue weighted by Crippen LogP contribution is -2.39. The number of nitrogens with one attached hydrogen (secondary N) is 1. The molecule has 0 fully saturated rings. The minimum Gasteiger partial charge on any atom is -0.464 e. The van der Waals surface area contributed by atoms with Crippen molar-refractivity contribution >= 4 is 5.97 Å². The smallest absolute Gasteiger partial charge is 0.313 e. The first-order valence-electron chi connectivity index (χ1n) is 5.43. The zero-order valence-corrected chi connectivity index (χ0v) is 10.6. The number of rotatable bonds is 7. The lowest BCUT2D eigenvalue weighted by molar-refractivity contribution is -0.155. The van der Waals surface area contributed by atoms with Crippen LogP contribution < -0.4 is 5.32 Å². The van der Waals surface area contributed by atoms with Gasteiger partial charge in [-0.15, -0.1) is 0 Å². The molecule has 0 aliphatic rings. The molecule has 4 heteroatoms. The monoisotopic (exact) mass is 216 g/mol. The van der Waals surface area contributed by atoms with Gasteiger partial charge in [-0.3, -0.25) is 4.79 Å². The van der Waals surface area contributed by atoms with Crippen molar-refractivity contribution in [1.82, 2.24) is 10.2 Å². The predicted octanol–water partition coefficient (Wildman–Crippen LogP) is 0.727. The van der Waals surface area contributed by atoms with Gasteiger partial charge < -0.3 is 15.0 Å². The Bertz CT molecular complexity index is 195. The van der Waals surface area contributed by atoms with Crippen molar-refractivity contribution in [1.29, 1.82) is 0 Å². The zero-order chi connectivity index (χ0) is 11.9. The van der Waals surface area contributed by atoms with Crippen LogP contribution in [0, 0.1) is 5.41 Å². The average molecular weight is 216 g/mol. The second kappa shape index (κ2) is 6.80. The van der Waals surface area contributed by atoms with Crippen molar-refractivity contribution in [3.63, 3.8) is 0 Å². The van der Waals surface area contributed by atoms with Crippen LogP contribution in [0.15, 0.2) is 0 Å². The molecule has 4 nitrogen and oxygen atoms in total. The second-order valence-corrected chi connectivity index (χ2v) is 4.38. The van der Waals surface area contributed by atoms with Crippen LogP contribution in [0.5, 0.6) is 0 Å². The van der Waals surface area contributed by atoms with Crippen LogP contribution in [0.3, 0.4) is 0 Å². The first kappa shape index (κ1) is 14.4. The van der Waals surface area contributed by atoms with Gasteiger partial charge in [0.05, 0.1) is 5.41 Å². The van der Waals surface area contributed by atoms with Crippen LogP contribution in [0.4, 0.5) is 0 Å². The van der Waals surface area contributed by atoms with E-state index >= 15 is 0 Å². The molecule has 0 saturated carbocycles. The number of esters is 1. The fourth-order valence-corrected chi connectivity index (χ4v) is 1.23. The molecule has 0 aromatic heterocycles. The highest BCUT2D eigenvalue weighted by molar-refractivity contribution is 5.76. The molecule has 0 rings (SSSR count). The zero-order valence-electron chi connectivity index (χ0n) is 10.6. The van der Waals surface area contributed by atoms with Crippen molar-refractivity contribution in [2.75, 3.05) is 40.8 Å². The molecule has 0 bridgehead atoms. The van der Waals surface area contributed by atoms with Crippen molar-refractivity contribution in [2.45, 2.75) is 20.3 Å². The van der Waals surface area contributed by atoms with Gasteiger partial charge in [0, 0.05) is 13.1 Å². The molecule has 0 aliphatic heterocycles. The van der Waals surface area contributed by atoms with E-state index in [4.69, 9.17) is 4.74 Å². The molecule has 0 aliphatic carbocycles. The molecule has 1 atom stereocenters. The summed E-state index contributed by atoms with van der Waals surface area (Å²) in [5.41, 5.74) is -0.402. The number of nitrogens with zero attached hydrogens (tertiary/aromatic N) is 1. The van der Waals surface area contributed by atoms with Gasteiger partial charge in [0.1, 0.15) is 6.61 Å². The molecular weight excluding hydrogens is 192 g/mol. The number of likely N-dealkylation sites (N-methyl/N-ethyl adjacent to an activating group) is 1. The Hall–Kier alpha value is -0.610. The summed E-state index contributed by atoms with van der Waals surface area (Å²) in [4.78, 5) is 13.8. The molecule has 90 valence electrons. The Kier molecular flexibility index (Phi) is 6.52. The van der Waals surface area contributed by atoms with Crippen LogP contribution in [0.1, 0.15) is 20.3 Å². The Labute approximate surface area is 93.0 Å². The Morgan fingerprint density at radius 1 is 1.47 bits per heavy atom. The molecule has 0 radical (unpaired) electrons. The average Bonchev–Trinajstić information content (AvgIpc) is 2.17. The number of ether oxygens (including phenoxy) is 1. The molecule has 0 heterocycles. The van der Waals surface area contributed by atoms with E-state index in [2.05, 4.69) is 5.32 Å². The summed E-state index contributed by atoms with van der Waals surface area (Å²) in [5, 5.41) is 3.03. The van der Waals surface area contributed by atoms with Crippen LogP contribution >= 0.6 is 0 Å². The van der Waals surface area contributed by atoms with Crippen molar-refractivity contribution < 1.29 is 9.53 Å². The molecule has 0 aromatic rings. The molecule has 1 N–H and O–H groups in total. The highest BCUT2D eigenvalue weighted by Crippen LogP contribution is 2.21. The number of carbonyl (C=O) groups excluding carboxylic acids is 1. The van der Waals surface area contributed by atoms with Crippen molar-refractivity contribution in [3.05, 3.63) is 0 Å². The number of hydrogen-bond acceptors (Lipinski definition) is 4. The summed E-state index contributed by atoms with van der Waals surface area (Å²) in [6.07, 6.45) is 0.786. The SMILES string of the molecule is CCC(C)(CNC)C(=O)OCCN(C)C. The van der Waals surface area contributed by atoms with E-state index in [1.807, 2.05) is 39.9 Å². The summed E-state index contributed by atoms with van der Waals surface area (Å²) < 4.78 is 5.24. The van der Waals surface area contributed by atoms with Gasteiger partial charge in [0.2, 0.25) is 0 Å². The van der Waals surface area contributed by atoms with Gasteiger partial charge in [0.25, 0.3) is 0 Å². The highest BCUT2D eigenvalue weighted by atomic mass is 16.5. The van der Waals surface area contributed by atoms with Crippen LogP contribution in [0.25, 0.3) is 0 Å². The third-order valence-electron chi connectivity index (χ3n) is 2.61. The predicted molar refractivity (Wildman–Crippen MR) is 61.8 cm³/mol. The summed E-state index contributed by atoms with van der Waals surface area (Å²) >= 11 is 0. The van der Waals surface area contributed by atoms with Gasteiger partial charge in [-0.2, -0.15) is 0 Å². The highest BCUT2D eigenvalue weighted by Gasteiger charge is 2.32. The Morgan fingerprint density at radius 3 is 2.47 bits per heavy atom. The molecular formula is C11H24N2O2.